The highest BCUT2D eigenvalue weighted by atomic mass is 35.5. The van der Waals surface area contributed by atoms with Crippen molar-refractivity contribution in [2.75, 3.05) is 24.6 Å². The first-order chi connectivity index (χ1) is 7.33. The van der Waals surface area contributed by atoms with Gasteiger partial charge in [-0.15, -0.1) is 22.9 Å². The molecule has 5 heteroatoms. The van der Waals surface area contributed by atoms with Crippen molar-refractivity contribution in [1.82, 2.24) is 4.98 Å². The fourth-order valence-corrected chi connectivity index (χ4v) is 2.67. The third-order valence-electron chi connectivity index (χ3n) is 2.54. The van der Waals surface area contributed by atoms with E-state index in [1.165, 1.54) is 0 Å². The smallest absolute Gasteiger partial charge is 0.185 e. The van der Waals surface area contributed by atoms with E-state index >= 15 is 0 Å². The Bertz CT molecular complexity index is 318. The van der Waals surface area contributed by atoms with Gasteiger partial charge in [-0.1, -0.05) is 6.92 Å². The van der Waals surface area contributed by atoms with Crippen LogP contribution in [0.3, 0.4) is 0 Å². The molecule has 1 aromatic rings. The van der Waals surface area contributed by atoms with E-state index in [0.717, 1.165) is 36.1 Å². The summed E-state index contributed by atoms with van der Waals surface area (Å²) in [6.07, 6.45) is 3.27. The largest absolute Gasteiger partial charge is 0.375 e. The third-order valence-corrected chi connectivity index (χ3v) is 4.04. The summed E-state index contributed by atoms with van der Waals surface area (Å²) in [6.45, 7) is 4.84. The van der Waals surface area contributed by atoms with Crippen molar-refractivity contribution >= 4 is 28.1 Å². The van der Waals surface area contributed by atoms with Crippen LogP contribution in [-0.4, -0.2) is 30.8 Å². The van der Waals surface area contributed by atoms with Gasteiger partial charge in [0.05, 0.1) is 18.6 Å². The lowest BCUT2D eigenvalue weighted by molar-refractivity contribution is 0.0384. The van der Waals surface area contributed by atoms with Crippen LogP contribution in [0.2, 0.25) is 0 Å². The minimum atomic E-state index is 0.349. The van der Waals surface area contributed by atoms with Crippen LogP contribution < -0.4 is 4.90 Å². The number of thiazole rings is 1. The molecule has 1 aliphatic heterocycles. The maximum Gasteiger partial charge on any atom is 0.185 e. The van der Waals surface area contributed by atoms with Gasteiger partial charge >= 0.3 is 0 Å². The molecule has 1 atom stereocenters. The fourth-order valence-electron chi connectivity index (χ4n) is 1.65. The lowest BCUT2D eigenvalue weighted by Crippen LogP contribution is -2.42. The molecule has 1 unspecified atom stereocenters. The summed E-state index contributed by atoms with van der Waals surface area (Å²) in [5.74, 6) is 0.555. The molecule has 0 radical (unpaired) electrons. The molecular weight excluding hydrogens is 232 g/mol. The molecule has 1 saturated heterocycles. The van der Waals surface area contributed by atoms with E-state index in [-0.39, 0.29) is 0 Å². The molecule has 1 aliphatic rings. The first kappa shape index (κ1) is 11.2. The first-order valence-electron chi connectivity index (χ1n) is 5.20. The summed E-state index contributed by atoms with van der Waals surface area (Å²) >= 11 is 7.44. The minimum Gasteiger partial charge on any atom is -0.375 e. The molecule has 2 rings (SSSR count). The molecule has 3 nitrogen and oxygen atoms in total. The van der Waals surface area contributed by atoms with Gasteiger partial charge in [-0.2, -0.15) is 0 Å². The van der Waals surface area contributed by atoms with E-state index in [9.17, 15) is 0 Å². The Balaban J connectivity index is 2.03. The molecule has 0 aliphatic carbocycles. The standard InChI is InChI=1S/C10H15ClN2OS/c1-2-8-7-13(3-4-14-8)10-12-6-9(5-11)15-10/h6,8H,2-5,7H2,1H3. The molecule has 84 valence electrons. The number of hydrogen-bond acceptors (Lipinski definition) is 4. The van der Waals surface area contributed by atoms with Gasteiger partial charge in [0.2, 0.25) is 0 Å². The van der Waals surface area contributed by atoms with Crippen LogP contribution in [0.5, 0.6) is 0 Å². The van der Waals surface area contributed by atoms with E-state index in [4.69, 9.17) is 16.3 Å². The summed E-state index contributed by atoms with van der Waals surface area (Å²) in [4.78, 5) is 7.80. The van der Waals surface area contributed by atoms with Crippen LogP contribution in [0.15, 0.2) is 6.20 Å². The van der Waals surface area contributed by atoms with E-state index < -0.39 is 0 Å². The van der Waals surface area contributed by atoms with Gasteiger partial charge < -0.3 is 9.64 Å². The van der Waals surface area contributed by atoms with Crippen molar-refractivity contribution in [2.45, 2.75) is 25.3 Å². The summed E-state index contributed by atoms with van der Waals surface area (Å²) < 4.78 is 5.62. The molecule has 0 amide bonds. The van der Waals surface area contributed by atoms with Crippen LogP contribution >= 0.6 is 22.9 Å². The van der Waals surface area contributed by atoms with Crippen LogP contribution in [0, 0.1) is 0 Å². The lowest BCUT2D eigenvalue weighted by atomic mass is 10.2. The van der Waals surface area contributed by atoms with Crippen molar-refractivity contribution in [1.29, 1.82) is 0 Å². The van der Waals surface area contributed by atoms with E-state index in [1.54, 1.807) is 11.3 Å². The zero-order valence-electron chi connectivity index (χ0n) is 8.78. The Morgan fingerprint density at radius 3 is 3.27 bits per heavy atom. The predicted molar refractivity (Wildman–Crippen MR) is 63.9 cm³/mol. The van der Waals surface area contributed by atoms with E-state index in [0.29, 0.717) is 12.0 Å². The molecule has 0 N–H and O–H groups in total. The Labute approximate surface area is 99.0 Å². The average molecular weight is 247 g/mol. The summed E-state index contributed by atoms with van der Waals surface area (Å²) in [6, 6.07) is 0. The second kappa shape index (κ2) is 5.14. The number of morpholine rings is 1. The number of anilines is 1. The topological polar surface area (TPSA) is 25.4 Å². The monoisotopic (exact) mass is 246 g/mol. The zero-order chi connectivity index (χ0) is 10.7. The van der Waals surface area contributed by atoms with Gasteiger partial charge in [-0.25, -0.2) is 4.98 Å². The highest BCUT2D eigenvalue weighted by Crippen LogP contribution is 2.25. The number of nitrogens with zero attached hydrogens (tertiary/aromatic N) is 2. The quantitative estimate of drug-likeness (QED) is 0.767. The molecular formula is C10H15ClN2OS. The predicted octanol–water partition coefficient (Wildman–Crippen LogP) is 2.50. The van der Waals surface area contributed by atoms with Gasteiger partial charge in [0.15, 0.2) is 5.13 Å². The highest BCUT2D eigenvalue weighted by Gasteiger charge is 2.21. The SMILES string of the molecule is CCC1CN(c2ncc(CCl)s2)CCO1. The van der Waals surface area contributed by atoms with Crippen LogP contribution in [0.4, 0.5) is 5.13 Å². The zero-order valence-corrected chi connectivity index (χ0v) is 10.4. The molecule has 0 bridgehead atoms. The number of aromatic nitrogens is 1. The number of halogens is 1. The lowest BCUT2D eigenvalue weighted by Gasteiger charge is -2.32. The van der Waals surface area contributed by atoms with Crippen LogP contribution in [0.25, 0.3) is 0 Å². The Morgan fingerprint density at radius 1 is 1.73 bits per heavy atom. The maximum absolute atomic E-state index is 5.76. The highest BCUT2D eigenvalue weighted by molar-refractivity contribution is 7.15. The van der Waals surface area contributed by atoms with Gasteiger partial charge in [0.25, 0.3) is 0 Å². The van der Waals surface area contributed by atoms with Crippen molar-refractivity contribution in [3.8, 4) is 0 Å². The summed E-state index contributed by atoms with van der Waals surface area (Å²) in [7, 11) is 0. The number of rotatable bonds is 3. The maximum atomic E-state index is 5.76. The third kappa shape index (κ3) is 2.62. The van der Waals surface area contributed by atoms with E-state index in [2.05, 4.69) is 16.8 Å². The summed E-state index contributed by atoms with van der Waals surface area (Å²) in [5, 5.41) is 1.08. The second-order valence-electron chi connectivity index (χ2n) is 3.59. The molecule has 1 fully saturated rings. The Kier molecular flexibility index (Phi) is 3.83. The molecule has 2 heterocycles. The first-order valence-corrected chi connectivity index (χ1v) is 6.55. The summed E-state index contributed by atoms with van der Waals surface area (Å²) in [5.41, 5.74) is 0. The molecule has 0 aromatic carbocycles. The number of ether oxygens (including phenoxy) is 1. The van der Waals surface area contributed by atoms with Gasteiger partial charge in [-0.3, -0.25) is 0 Å². The van der Waals surface area contributed by atoms with Crippen molar-refractivity contribution in [3.05, 3.63) is 11.1 Å². The van der Waals surface area contributed by atoms with Crippen molar-refractivity contribution in [3.63, 3.8) is 0 Å². The molecule has 1 aromatic heterocycles. The molecule has 0 spiro atoms. The van der Waals surface area contributed by atoms with Crippen LogP contribution in [0.1, 0.15) is 18.2 Å². The van der Waals surface area contributed by atoms with Crippen molar-refractivity contribution in [2.24, 2.45) is 0 Å². The average Bonchev–Trinajstić information content (AvgIpc) is 2.78. The molecule has 0 saturated carbocycles. The number of alkyl halides is 1. The Hall–Kier alpha value is -0.320. The van der Waals surface area contributed by atoms with Gasteiger partial charge in [0, 0.05) is 24.2 Å². The minimum absolute atomic E-state index is 0.349. The van der Waals surface area contributed by atoms with E-state index in [1.807, 2.05) is 6.20 Å². The normalized spacial score (nSPS) is 22.0. The fraction of sp³-hybridized carbons (Fsp3) is 0.700. The van der Waals surface area contributed by atoms with Crippen molar-refractivity contribution < 1.29 is 4.74 Å². The Morgan fingerprint density at radius 2 is 2.60 bits per heavy atom. The van der Waals surface area contributed by atoms with Gasteiger partial charge in [-0.05, 0) is 6.42 Å². The number of hydrogen-bond donors (Lipinski definition) is 0. The van der Waals surface area contributed by atoms with Crippen LogP contribution in [-0.2, 0) is 10.6 Å². The molecule has 15 heavy (non-hydrogen) atoms. The van der Waals surface area contributed by atoms with Gasteiger partial charge in [0.1, 0.15) is 0 Å². The second-order valence-corrected chi connectivity index (χ2v) is 4.95.